The highest BCUT2D eigenvalue weighted by Gasteiger charge is 2.53. The van der Waals surface area contributed by atoms with Crippen LogP contribution in [-0.4, -0.2) is 64.0 Å². The maximum atomic E-state index is 12.9. The molecule has 8 heteroatoms. The van der Waals surface area contributed by atoms with E-state index in [4.69, 9.17) is 9.94 Å². The van der Waals surface area contributed by atoms with Gasteiger partial charge in [0.05, 0.1) is 6.04 Å². The van der Waals surface area contributed by atoms with E-state index in [1.54, 1.807) is 18.7 Å². The molecule has 0 aromatic heterocycles. The van der Waals surface area contributed by atoms with Gasteiger partial charge in [-0.3, -0.25) is 9.63 Å². The van der Waals surface area contributed by atoms with Crippen LogP contribution in [0.5, 0.6) is 0 Å². The number of aliphatic carboxylic acids is 1. The number of carboxylic acids is 1. The Kier molecular flexibility index (Phi) is 7.50. The van der Waals surface area contributed by atoms with Crippen molar-refractivity contribution in [2.45, 2.75) is 44.8 Å². The first-order valence-corrected chi connectivity index (χ1v) is 11.1. The van der Waals surface area contributed by atoms with E-state index in [0.717, 1.165) is 5.56 Å². The average Bonchev–Trinajstić information content (AvgIpc) is 2.80. The Hall–Kier alpha value is -3.23. The van der Waals surface area contributed by atoms with Gasteiger partial charge in [0.1, 0.15) is 25.2 Å². The van der Waals surface area contributed by atoms with E-state index < -0.39 is 23.6 Å². The van der Waals surface area contributed by atoms with Crippen molar-refractivity contribution in [2.75, 3.05) is 24.5 Å². The summed E-state index contributed by atoms with van der Waals surface area (Å²) in [5.74, 6) is -3.17. The van der Waals surface area contributed by atoms with Gasteiger partial charge in [0.2, 0.25) is 5.91 Å². The van der Waals surface area contributed by atoms with Gasteiger partial charge in [-0.15, -0.1) is 4.65 Å². The zero-order chi connectivity index (χ0) is 24.1. The molecule has 3 rings (SSSR count). The first kappa shape index (κ1) is 24.4. The van der Waals surface area contributed by atoms with Crippen LogP contribution in [0.1, 0.15) is 32.3 Å². The Labute approximate surface area is 193 Å². The van der Waals surface area contributed by atoms with E-state index in [0.29, 0.717) is 25.1 Å². The molecular formula is C25H31N2O6+. The Morgan fingerprint density at radius 3 is 2.24 bits per heavy atom. The molecule has 0 spiro atoms. The van der Waals surface area contributed by atoms with Gasteiger partial charge in [0, 0.05) is 24.9 Å². The fourth-order valence-corrected chi connectivity index (χ4v) is 4.61. The zero-order valence-corrected chi connectivity index (χ0v) is 19.0. The Bertz CT molecular complexity index is 979. The van der Waals surface area contributed by atoms with Crippen LogP contribution < -0.4 is 4.90 Å². The minimum atomic E-state index is -1.68. The molecule has 1 unspecified atom stereocenters. The highest BCUT2D eigenvalue weighted by molar-refractivity contribution is 6.28. The normalized spacial score (nSPS) is 24.6. The molecule has 1 amide bonds. The number of benzene rings is 2. The third-order valence-electron chi connectivity index (χ3n) is 6.16. The van der Waals surface area contributed by atoms with E-state index >= 15 is 0 Å². The first-order chi connectivity index (χ1) is 15.7. The molecule has 0 bridgehead atoms. The SMILES string of the molecule is CCC(=O)N(c1ccccc1)[C@H]1CC[N+](CCc2ccccc2)(OC(=O)C(=O)O)C[C@@]1(C)O. The average molecular weight is 456 g/mol. The van der Waals surface area contributed by atoms with Gasteiger partial charge in [-0.2, -0.15) is 0 Å². The van der Waals surface area contributed by atoms with Gasteiger partial charge in [-0.1, -0.05) is 55.5 Å². The molecule has 2 aromatic carbocycles. The van der Waals surface area contributed by atoms with Crippen molar-refractivity contribution in [1.82, 2.24) is 0 Å². The molecule has 3 atom stereocenters. The summed E-state index contributed by atoms with van der Waals surface area (Å²) in [5, 5.41) is 20.7. The number of amides is 1. The number of piperidine rings is 1. The molecule has 0 aliphatic carbocycles. The Morgan fingerprint density at radius 2 is 1.70 bits per heavy atom. The highest BCUT2D eigenvalue weighted by atomic mass is 16.8. The molecular weight excluding hydrogens is 424 g/mol. The summed E-state index contributed by atoms with van der Waals surface area (Å²) in [4.78, 5) is 43.2. The lowest BCUT2D eigenvalue weighted by Crippen LogP contribution is -2.69. The van der Waals surface area contributed by atoms with E-state index in [1.165, 1.54) is 0 Å². The van der Waals surface area contributed by atoms with Gasteiger partial charge in [-0.05, 0) is 24.6 Å². The maximum absolute atomic E-state index is 12.9. The number of para-hydroxylation sites is 1. The van der Waals surface area contributed by atoms with E-state index in [1.807, 2.05) is 60.7 Å². The number of quaternary nitrogens is 1. The lowest BCUT2D eigenvalue weighted by Gasteiger charge is -2.49. The van der Waals surface area contributed by atoms with Gasteiger partial charge in [0.15, 0.2) is 0 Å². The van der Waals surface area contributed by atoms with Crippen LogP contribution in [0.25, 0.3) is 0 Å². The molecule has 0 saturated carbocycles. The molecule has 2 aromatic rings. The monoisotopic (exact) mass is 455 g/mol. The standard InChI is InChI=1S/C25H30N2O6/c1-3-22(28)26(20-12-8-5-9-13-20)21-15-17-27(18-25(21,2)32,33-24(31)23(29)30)16-14-19-10-6-4-7-11-19/h4-13,21,32H,3,14-18H2,1-2H3/p+1/t21-,25+,27?/m0/s1. The van der Waals surface area contributed by atoms with Gasteiger partial charge in [-0.25, -0.2) is 9.59 Å². The lowest BCUT2D eigenvalue weighted by atomic mass is 9.86. The predicted molar refractivity (Wildman–Crippen MR) is 122 cm³/mol. The van der Waals surface area contributed by atoms with Crippen molar-refractivity contribution in [3.05, 3.63) is 66.2 Å². The largest absolute Gasteiger partial charge is 0.473 e. The van der Waals surface area contributed by atoms with Crippen molar-refractivity contribution in [2.24, 2.45) is 0 Å². The minimum Gasteiger partial charge on any atom is -0.473 e. The summed E-state index contributed by atoms with van der Waals surface area (Å²) in [6, 6.07) is 18.2. The van der Waals surface area contributed by atoms with Crippen LogP contribution in [0, 0.1) is 0 Å². The smallest absolute Gasteiger partial charge is 0.473 e. The summed E-state index contributed by atoms with van der Waals surface area (Å²) < 4.78 is -0.327. The second-order valence-corrected chi connectivity index (χ2v) is 8.70. The summed E-state index contributed by atoms with van der Waals surface area (Å²) in [6.07, 6.45) is 1.13. The van der Waals surface area contributed by atoms with Crippen molar-refractivity contribution in [1.29, 1.82) is 0 Å². The van der Waals surface area contributed by atoms with E-state index in [9.17, 15) is 19.5 Å². The van der Waals surface area contributed by atoms with Crippen LogP contribution in [0.3, 0.4) is 0 Å². The number of hydrogen-bond donors (Lipinski definition) is 2. The number of carbonyl (C=O) groups excluding carboxylic acids is 2. The highest BCUT2D eigenvalue weighted by Crippen LogP contribution is 2.34. The molecule has 1 heterocycles. The molecule has 0 radical (unpaired) electrons. The van der Waals surface area contributed by atoms with Gasteiger partial charge < -0.3 is 15.1 Å². The Balaban J connectivity index is 1.90. The quantitative estimate of drug-likeness (QED) is 0.491. The van der Waals surface area contributed by atoms with E-state index in [-0.39, 0.29) is 30.1 Å². The predicted octanol–water partition coefficient (Wildman–Crippen LogP) is 2.56. The van der Waals surface area contributed by atoms with E-state index in [2.05, 4.69) is 0 Å². The molecule has 8 nitrogen and oxygen atoms in total. The number of carboxylic acid groups (broad SMARTS) is 1. The molecule has 1 saturated heterocycles. The summed E-state index contributed by atoms with van der Waals surface area (Å²) >= 11 is 0. The molecule has 33 heavy (non-hydrogen) atoms. The topological polar surface area (TPSA) is 104 Å². The third kappa shape index (κ3) is 5.77. The van der Waals surface area contributed by atoms with Crippen molar-refractivity contribution < 1.29 is 34.1 Å². The number of likely N-dealkylation sites (tertiary alicyclic amines) is 1. The van der Waals surface area contributed by atoms with Crippen LogP contribution in [0.4, 0.5) is 5.69 Å². The molecule has 2 N–H and O–H groups in total. The number of anilines is 1. The number of nitrogens with zero attached hydrogens (tertiary/aromatic N) is 2. The van der Waals surface area contributed by atoms with Crippen molar-refractivity contribution >= 4 is 23.5 Å². The van der Waals surface area contributed by atoms with Crippen LogP contribution in [-0.2, 0) is 25.6 Å². The van der Waals surface area contributed by atoms with Gasteiger partial charge in [0.25, 0.3) is 0 Å². The fraction of sp³-hybridized carbons (Fsp3) is 0.400. The number of carbonyl (C=O) groups is 3. The summed E-state index contributed by atoms with van der Waals surface area (Å²) in [7, 11) is 0. The number of rotatable bonds is 7. The second kappa shape index (κ2) is 10.1. The van der Waals surface area contributed by atoms with Crippen molar-refractivity contribution in [3.63, 3.8) is 0 Å². The Morgan fingerprint density at radius 1 is 1.09 bits per heavy atom. The third-order valence-corrected chi connectivity index (χ3v) is 6.16. The zero-order valence-electron chi connectivity index (χ0n) is 19.0. The number of aliphatic hydroxyl groups is 1. The van der Waals surface area contributed by atoms with Gasteiger partial charge >= 0.3 is 11.9 Å². The molecule has 1 aliphatic rings. The van der Waals surface area contributed by atoms with Crippen LogP contribution in [0.15, 0.2) is 60.7 Å². The second-order valence-electron chi connectivity index (χ2n) is 8.70. The minimum absolute atomic E-state index is 0.0378. The fourth-order valence-electron chi connectivity index (χ4n) is 4.61. The number of hydrogen-bond acceptors (Lipinski definition) is 5. The lowest BCUT2D eigenvalue weighted by molar-refractivity contribution is -1.10. The van der Waals surface area contributed by atoms with Crippen molar-refractivity contribution in [3.8, 4) is 0 Å². The molecule has 1 aliphatic heterocycles. The van der Waals surface area contributed by atoms with Crippen LogP contribution >= 0.6 is 0 Å². The molecule has 176 valence electrons. The summed E-state index contributed by atoms with van der Waals surface area (Å²) in [5.41, 5.74) is 0.255. The first-order valence-electron chi connectivity index (χ1n) is 11.1. The maximum Gasteiger partial charge on any atom is 0.473 e. The van der Waals surface area contributed by atoms with Crippen LogP contribution in [0.2, 0.25) is 0 Å². The summed E-state index contributed by atoms with van der Waals surface area (Å²) in [6.45, 7) is 3.92. The number of hydroxylamine groups is 3. The molecule has 1 fully saturated rings.